The van der Waals surface area contributed by atoms with Gasteiger partial charge in [-0.2, -0.15) is 0 Å². The quantitative estimate of drug-likeness (QED) is 0.264. The van der Waals surface area contributed by atoms with Gasteiger partial charge in [-0.1, -0.05) is 46.3 Å². The molecule has 2 saturated heterocycles. The van der Waals surface area contributed by atoms with Gasteiger partial charge in [0.1, 0.15) is 0 Å². The van der Waals surface area contributed by atoms with Crippen molar-refractivity contribution < 1.29 is 23.8 Å². The molecule has 0 saturated carbocycles. The molecule has 2 aromatic rings. The lowest BCUT2D eigenvalue weighted by Gasteiger charge is -2.37. The van der Waals surface area contributed by atoms with Crippen LogP contribution >= 0.6 is 15.9 Å². The summed E-state index contributed by atoms with van der Waals surface area (Å²) in [6.07, 6.45) is 2.57. The van der Waals surface area contributed by atoms with Gasteiger partial charge in [0, 0.05) is 29.1 Å². The van der Waals surface area contributed by atoms with Crippen molar-refractivity contribution in [2.75, 3.05) is 20.2 Å². The number of halogens is 1. The molecule has 0 spiro atoms. The molecular weight excluding hydrogens is 522 g/mol. The first-order chi connectivity index (χ1) is 17.1. The lowest BCUT2D eigenvalue weighted by atomic mass is 9.88. The highest BCUT2D eigenvalue weighted by Gasteiger charge is 2.51. The van der Waals surface area contributed by atoms with Crippen LogP contribution in [0.25, 0.3) is 5.57 Å². The first-order valence-corrected chi connectivity index (χ1v) is 13.3. The van der Waals surface area contributed by atoms with E-state index in [1.807, 2.05) is 63.2 Å². The van der Waals surface area contributed by atoms with E-state index in [1.165, 1.54) is 7.11 Å². The van der Waals surface area contributed by atoms with Crippen LogP contribution in [0.15, 0.2) is 46.9 Å². The first kappa shape index (κ1) is 25.3. The van der Waals surface area contributed by atoms with Gasteiger partial charge in [0.05, 0.1) is 18.3 Å². The zero-order valence-corrected chi connectivity index (χ0v) is 22.8. The number of epoxide rings is 1. The van der Waals surface area contributed by atoms with Gasteiger partial charge >= 0.3 is 5.97 Å². The molecule has 2 aromatic carbocycles. The van der Waals surface area contributed by atoms with E-state index in [0.29, 0.717) is 18.7 Å². The summed E-state index contributed by atoms with van der Waals surface area (Å²) in [7, 11) is 1.40. The van der Waals surface area contributed by atoms with E-state index in [9.17, 15) is 9.59 Å². The Morgan fingerprint density at radius 1 is 1.03 bits per heavy atom. The summed E-state index contributed by atoms with van der Waals surface area (Å²) >= 11 is 3.81. The Hall–Kier alpha value is -2.32. The third kappa shape index (κ3) is 5.21. The zero-order valence-electron chi connectivity index (χ0n) is 21.2. The Balaban J connectivity index is 1.28. The largest absolute Gasteiger partial charge is 0.465 e. The number of nitrogens with zero attached hydrogens (tertiary/aromatic N) is 1. The molecule has 2 unspecified atom stereocenters. The number of ketones is 1. The van der Waals surface area contributed by atoms with Crippen molar-refractivity contribution in [3.8, 4) is 0 Å². The minimum atomic E-state index is -0.324. The van der Waals surface area contributed by atoms with Crippen LogP contribution in [0.3, 0.4) is 0 Å². The molecule has 5 rings (SSSR count). The van der Waals surface area contributed by atoms with Crippen molar-refractivity contribution in [3.63, 3.8) is 0 Å². The molecule has 2 fully saturated rings. The molecule has 2 heterocycles. The minimum Gasteiger partial charge on any atom is -0.465 e. The summed E-state index contributed by atoms with van der Waals surface area (Å²) in [5.41, 5.74) is 5.46. The van der Waals surface area contributed by atoms with Gasteiger partial charge in [0.25, 0.3) is 0 Å². The van der Waals surface area contributed by atoms with Crippen molar-refractivity contribution >= 4 is 33.3 Å². The third-order valence-electron chi connectivity index (χ3n) is 6.91. The third-order valence-corrected chi connectivity index (χ3v) is 7.70. The number of ether oxygens (including phenoxy) is 3. The number of Topliss-reactive ketones (excluding diaryl/α,β-unsaturated/α-hetero) is 1. The van der Waals surface area contributed by atoms with Gasteiger partial charge in [-0.3, -0.25) is 9.69 Å². The van der Waals surface area contributed by atoms with Gasteiger partial charge in [-0.05, 0) is 74.4 Å². The van der Waals surface area contributed by atoms with Gasteiger partial charge in [0.2, 0.25) is 0 Å². The molecule has 0 bridgehead atoms. The predicted octanol–water partition coefficient (Wildman–Crippen LogP) is 5.58. The molecule has 2 atom stereocenters. The maximum absolute atomic E-state index is 13.1. The molecule has 6 nitrogen and oxygen atoms in total. The number of esters is 1. The van der Waals surface area contributed by atoms with E-state index in [1.54, 1.807) is 0 Å². The molecule has 36 heavy (non-hydrogen) atoms. The van der Waals surface area contributed by atoms with E-state index in [-0.39, 0.29) is 35.8 Å². The number of aryl methyl sites for hydroxylation is 1. The van der Waals surface area contributed by atoms with E-state index in [2.05, 4.69) is 20.8 Å². The summed E-state index contributed by atoms with van der Waals surface area (Å²) in [4.78, 5) is 27.3. The summed E-state index contributed by atoms with van der Waals surface area (Å²) in [6, 6.07) is 13.7. The number of fused-ring (bicyclic) bond motifs is 1. The fourth-order valence-corrected chi connectivity index (χ4v) is 5.74. The molecule has 2 aliphatic heterocycles. The number of benzene rings is 2. The average Bonchev–Trinajstić information content (AvgIpc) is 3.57. The van der Waals surface area contributed by atoms with Crippen LogP contribution < -0.4 is 0 Å². The van der Waals surface area contributed by atoms with E-state index in [4.69, 9.17) is 14.2 Å². The van der Waals surface area contributed by atoms with Crippen molar-refractivity contribution in [3.05, 3.63) is 74.8 Å². The molecule has 3 aliphatic rings. The Morgan fingerprint density at radius 3 is 2.39 bits per heavy atom. The van der Waals surface area contributed by atoms with Crippen molar-refractivity contribution in [2.45, 2.75) is 58.2 Å². The van der Waals surface area contributed by atoms with Gasteiger partial charge in [-0.25, -0.2) is 4.79 Å². The van der Waals surface area contributed by atoms with Crippen LogP contribution in [-0.2, 0) is 20.6 Å². The molecular formula is C29H32BrNO5. The van der Waals surface area contributed by atoms with Crippen molar-refractivity contribution in [2.24, 2.45) is 5.92 Å². The fraction of sp³-hybridized carbons (Fsp3) is 0.448. The maximum atomic E-state index is 13.1. The van der Waals surface area contributed by atoms with Gasteiger partial charge in [0.15, 0.2) is 18.3 Å². The molecule has 190 valence electrons. The van der Waals surface area contributed by atoms with E-state index in [0.717, 1.165) is 51.6 Å². The van der Waals surface area contributed by atoms with Gasteiger partial charge < -0.3 is 14.2 Å². The van der Waals surface area contributed by atoms with Crippen LogP contribution in [0.5, 0.6) is 0 Å². The molecule has 7 heteroatoms. The average molecular weight is 554 g/mol. The lowest BCUT2D eigenvalue weighted by molar-refractivity contribution is -0.0585. The molecule has 0 amide bonds. The topological polar surface area (TPSA) is 68.4 Å². The molecule has 0 radical (unpaired) electrons. The second-order valence-electron chi connectivity index (χ2n) is 10.7. The lowest BCUT2D eigenvalue weighted by Crippen LogP contribution is -2.52. The number of likely N-dealkylation sites (tertiary alicyclic amines) is 1. The Labute approximate surface area is 220 Å². The molecule has 0 N–H and O–H groups in total. The Morgan fingerprint density at radius 2 is 1.72 bits per heavy atom. The predicted molar refractivity (Wildman–Crippen MR) is 141 cm³/mol. The fourth-order valence-electron chi connectivity index (χ4n) is 5.01. The maximum Gasteiger partial charge on any atom is 0.337 e. The number of carbonyl (C=O) groups is 2. The van der Waals surface area contributed by atoms with Crippen LogP contribution in [0.1, 0.15) is 71.0 Å². The second kappa shape index (κ2) is 9.86. The highest BCUT2D eigenvalue weighted by atomic mass is 79.9. The smallest absolute Gasteiger partial charge is 0.337 e. The van der Waals surface area contributed by atoms with E-state index < -0.39 is 0 Å². The first-order valence-electron chi connectivity index (χ1n) is 12.5. The summed E-state index contributed by atoms with van der Waals surface area (Å²) in [5.74, 6) is -0.171. The number of allylic oxidation sites excluding steroid dienone is 1. The SMILES string of the molecule is COC(=O)c1ccc2c(c1)CCCC(Br)=C2c1ccc(C(=O)C2CN(C3OC3OC(C)(C)C)C2)cc1. The molecule has 0 aromatic heterocycles. The van der Waals surface area contributed by atoms with E-state index >= 15 is 0 Å². The number of hydrogen-bond acceptors (Lipinski definition) is 6. The Kier molecular flexibility index (Phi) is 6.94. The van der Waals surface area contributed by atoms with Crippen LogP contribution in [-0.4, -0.2) is 55.0 Å². The highest BCUT2D eigenvalue weighted by molar-refractivity contribution is 9.11. The van der Waals surface area contributed by atoms with Gasteiger partial charge in [-0.15, -0.1) is 0 Å². The number of rotatable bonds is 6. The summed E-state index contributed by atoms with van der Waals surface area (Å²) in [6.45, 7) is 7.43. The van der Waals surface area contributed by atoms with Crippen LogP contribution in [0, 0.1) is 5.92 Å². The standard InChI is InChI=1S/C29H32BrNO5/c1-29(2,3)36-28-26(35-28)31-15-21(16-31)25(32)18-10-8-17(9-11-18)24-22-13-12-20(27(33)34-4)14-19(22)6-5-7-23(24)30/h8-14,21,26,28H,5-7,15-16H2,1-4H3. The van der Waals surface area contributed by atoms with Crippen molar-refractivity contribution in [1.82, 2.24) is 4.90 Å². The zero-order chi connectivity index (χ0) is 25.6. The number of methoxy groups -OCH3 is 1. The number of hydrogen-bond donors (Lipinski definition) is 0. The Bertz CT molecular complexity index is 1210. The van der Waals surface area contributed by atoms with Crippen LogP contribution in [0.2, 0.25) is 0 Å². The number of carbonyl (C=O) groups excluding carboxylic acids is 2. The summed E-state index contributed by atoms with van der Waals surface area (Å²) in [5, 5.41) is 0. The molecule has 1 aliphatic carbocycles. The monoisotopic (exact) mass is 553 g/mol. The second-order valence-corrected chi connectivity index (χ2v) is 11.7. The summed E-state index contributed by atoms with van der Waals surface area (Å²) < 4.78 is 17.5. The highest BCUT2D eigenvalue weighted by Crippen LogP contribution is 2.39. The normalized spacial score (nSPS) is 22.5. The van der Waals surface area contributed by atoms with Crippen molar-refractivity contribution in [1.29, 1.82) is 0 Å². The van der Waals surface area contributed by atoms with Crippen LogP contribution in [0.4, 0.5) is 0 Å². The minimum absolute atomic E-state index is 0.0170.